The number of nitrogens with one attached hydrogen (secondary N) is 2. The Kier molecular flexibility index (Phi) is 5.80. The molecule has 0 aliphatic heterocycles. The number of anilines is 3. The van der Waals surface area contributed by atoms with Gasteiger partial charge in [0.25, 0.3) is 5.78 Å². The van der Waals surface area contributed by atoms with E-state index in [2.05, 4.69) is 35.7 Å². The molecule has 0 saturated heterocycles. The molecule has 170 valence electrons. The van der Waals surface area contributed by atoms with Crippen LogP contribution < -0.4 is 16.4 Å². The molecule has 0 bridgehead atoms. The molecule has 11 heteroatoms. The number of aromatic nitrogens is 6. The van der Waals surface area contributed by atoms with Crippen LogP contribution in [0, 0.1) is 0 Å². The van der Waals surface area contributed by atoms with Crippen molar-refractivity contribution in [3.05, 3.63) is 78.3 Å². The van der Waals surface area contributed by atoms with Gasteiger partial charge in [-0.25, -0.2) is 0 Å². The largest absolute Gasteiger partial charge is 0.461 e. The molecule has 0 saturated carbocycles. The Morgan fingerprint density at radius 3 is 2.68 bits per heavy atom. The lowest BCUT2D eigenvalue weighted by molar-refractivity contribution is -0.115. The predicted molar refractivity (Wildman–Crippen MR) is 126 cm³/mol. The molecule has 4 heterocycles. The first-order valence-electron chi connectivity index (χ1n) is 10.6. The molecular weight excluding hydrogens is 434 g/mol. The molecule has 1 amide bonds. The minimum atomic E-state index is -0.0868. The van der Waals surface area contributed by atoms with E-state index in [4.69, 9.17) is 10.2 Å². The van der Waals surface area contributed by atoms with Crippen molar-refractivity contribution in [3.8, 4) is 11.6 Å². The summed E-state index contributed by atoms with van der Waals surface area (Å²) in [5.74, 6) is 1.68. The third kappa shape index (κ3) is 4.83. The SMILES string of the molecule is Nc1nc(NCCc2ccc(NC(=O)Cc3cccnc3)cc2)nc2nc(-c3ccco3)nn12. The van der Waals surface area contributed by atoms with Gasteiger partial charge in [-0.05, 0) is 47.9 Å². The number of nitrogens with two attached hydrogens (primary N) is 1. The molecule has 5 rings (SSSR count). The van der Waals surface area contributed by atoms with E-state index in [1.165, 1.54) is 4.52 Å². The summed E-state index contributed by atoms with van der Waals surface area (Å²) < 4.78 is 6.69. The summed E-state index contributed by atoms with van der Waals surface area (Å²) in [5, 5.41) is 10.3. The van der Waals surface area contributed by atoms with Gasteiger partial charge in [-0.3, -0.25) is 9.78 Å². The maximum Gasteiger partial charge on any atom is 0.259 e. The highest BCUT2D eigenvalue weighted by molar-refractivity contribution is 5.92. The fourth-order valence-corrected chi connectivity index (χ4v) is 3.36. The number of rotatable bonds is 8. The van der Waals surface area contributed by atoms with Crippen molar-refractivity contribution in [2.24, 2.45) is 0 Å². The quantitative estimate of drug-likeness (QED) is 0.321. The van der Waals surface area contributed by atoms with Gasteiger partial charge in [-0.2, -0.15) is 19.5 Å². The van der Waals surface area contributed by atoms with E-state index in [0.29, 0.717) is 29.9 Å². The van der Waals surface area contributed by atoms with E-state index in [1.807, 2.05) is 36.4 Å². The van der Waals surface area contributed by atoms with Crippen LogP contribution in [-0.4, -0.2) is 42.0 Å². The molecule has 0 aliphatic carbocycles. The van der Waals surface area contributed by atoms with Gasteiger partial charge in [0.2, 0.25) is 23.6 Å². The van der Waals surface area contributed by atoms with E-state index >= 15 is 0 Å². The van der Waals surface area contributed by atoms with Gasteiger partial charge in [-0.1, -0.05) is 18.2 Å². The van der Waals surface area contributed by atoms with E-state index in [-0.39, 0.29) is 18.3 Å². The predicted octanol–water partition coefficient (Wildman–Crippen LogP) is 2.59. The zero-order valence-corrected chi connectivity index (χ0v) is 18.0. The molecule has 11 nitrogen and oxygen atoms in total. The van der Waals surface area contributed by atoms with Crippen LogP contribution in [0.3, 0.4) is 0 Å². The number of benzene rings is 1. The Morgan fingerprint density at radius 1 is 1.03 bits per heavy atom. The second-order valence-corrected chi connectivity index (χ2v) is 7.49. The lowest BCUT2D eigenvalue weighted by Crippen LogP contribution is -2.14. The van der Waals surface area contributed by atoms with E-state index in [9.17, 15) is 4.79 Å². The van der Waals surface area contributed by atoms with Crippen molar-refractivity contribution in [2.75, 3.05) is 22.9 Å². The molecule has 5 aromatic rings. The maximum atomic E-state index is 12.2. The number of amides is 1. The second-order valence-electron chi connectivity index (χ2n) is 7.49. The topological polar surface area (TPSA) is 149 Å². The molecule has 0 aliphatic rings. The Hall–Kier alpha value is -4.80. The average molecular weight is 455 g/mol. The van der Waals surface area contributed by atoms with Crippen molar-refractivity contribution in [1.82, 2.24) is 29.5 Å². The summed E-state index contributed by atoms with van der Waals surface area (Å²) in [4.78, 5) is 29.2. The monoisotopic (exact) mass is 455 g/mol. The Balaban J connectivity index is 1.16. The summed E-state index contributed by atoms with van der Waals surface area (Å²) >= 11 is 0. The molecule has 0 atom stereocenters. The van der Waals surface area contributed by atoms with Crippen LogP contribution in [0.2, 0.25) is 0 Å². The van der Waals surface area contributed by atoms with Crippen molar-refractivity contribution in [3.63, 3.8) is 0 Å². The van der Waals surface area contributed by atoms with Gasteiger partial charge in [0.1, 0.15) is 0 Å². The molecule has 0 spiro atoms. The maximum absolute atomic E-state index is 12.2. The van der Waals surface area contributed by atoms with Crippen LogP contribution in [0.25, 0.3) is 17.4 Å². The molecule has 1 aromatic carbocycles. The summed E-state index contributed by atoms with van der Waals surface area (Å²) in [6.07, 6.45) is 5.92. The first-order chi connectivity index (χ1) is 16.6. The van der Waals surface area contributed by atoms with Gasteiger partial charge < -0.3 is 20.8 Å². The molecule has 4 N–H and O–H groups in total. The number of pyridine rings is 1. The number of carbonyl (C=O) groups excluding carboxylic acids is 1. The van der Waals surface area contributed by atoms with Crippen LogP contribution in [0.1, 0.15) is 11.1 Å². The number of fused-ring (bicyclic) bond motifs is 1. The molecule has 34 heavy (non-hydrogen) atoms. The molecule has 0 unspecified atom stereocenters. The van der Waals surface area contributed by atoms with Crippen LogP contribution in [0.5, 0.6) is 0 Å². The van der Waals surface area contributed by atoms with Crippen molar-refractivity contribution >= 4 is 29.3 Å². The summed E-state index contributed by atoms with van der Waals surface area (Å²) in [6, 6.07) is 14.9. The summed E-state index contributed by atoms with van der Waals surface area (Å²) in [6.45, 7) is 0.585. The third-order valence-electron chi connectivity index (χ3n) is 5.00. The van der Waals surface area contributed by atoms with Crippen LogP contribution in [0.15, 0.2) is 71.6 Å². The Bertz CT molecular complexity index is 1400. The number of nitrogens with zero attached hydrogens (tertiary/aromatic N) is 6. The van der Waals surface area contributed by atoms with Crippen molar-refractivity contribution in [2.45, 2.75) is 12.8 Å². The minimum Gasteiger partial charge on any atom is -0.461 e. The van der Waals surface area contributed by atoms with Crippen molar-refractivity contribution in [1.29, 1.82) is 0 Å². The van der Waals surface area contributed by atoms with Gasteiger partial charge in [0.05, 0.1) is 12.7 Å². The number of hydrogen-bond acceptors (Lipinski definition) is 9. The van der Waals surface area contributed by atoms with E-state index in [0.717, 1.165) is 23.2 Å². The van der Waals surface area contributed by atoms with Gasteiger partial charge >= 0.3 is 0 Å². The van der Waals surface area contributed by atoms with E-state index in [1.54, 1.807) is 30.8 Å². The molecule has 4 aromatic heterocycles. The third-order valence-corrected chi connectivity index (χ3v) is 5.00. The lowest BCUT2D eigenvalue weighted by Gasteiger charge is -2.08. The van der Waals surface area contributed by atoms with Crippen LogP contribution >= 0.6 is 0 Å². The smallest absolute Gasteiger partial charge is 0.259 e. The Labute approximate surface area is 194 Å². The first-order valence-corrected chi connectivity index (χ1v) is 10.6. The number of hydrogen-bond donors (Lipinski definition) is 3. The standard InChI is InChI=1S/C23H21N9O2/c24-21-29-22(30-23-28-20(31-32(21)23)18-4-2-12-34-18)26-11-9-15-5-7-17(8-6-15)27-19(33)13-16-3-1-10-25-14-16/h1-8,10,12,14H,9,11,13H2,(H,27,33)(H3,24,26,28,29,30,31). The highest BCUT2D eigenvalue weighted by Gasteiger charge is 2.13. The molecular formula is C23H21N9O2. The second kappa shape index (κ2) is 9.36. The highest BCUT2D eigenvalue weighted by Crippen LogP contribution is 2.18. The van der Waals surface area contributed by atoms with Gasteiger partial charge in [0.15, 0.2) is 5.76 Å². The van der Waals surface area contributed by atoms with Gasteiger partial charge in [0, 0.05) is 24.6 Å². The number of furan rings is 1. The molecule has 0 radical (unpaired) electrons. The normalized spacial score (nSPS) is 10.9. The Morgan fingerprint density at radius 2 is 1.91 bits per heavy atom. The highest BCUT2D eigenvalue weighted by atomic mass is 16.3. The fourth-order valence-electron chi connectivity index (χ4n) is 3.36. The number of nitrogen functional groups attached to an aromatic ring is 1. The molecule has 0 fully saturated rings. The average Bonchev–Trinajstić information content (AvgIpc) is 3.51. The summed E-state index contributed by atoms with van der Waals surface area (Å²) in [5.41, 5.74) is 8.71. The first kappa shape index (κ1) is 21.1. The fraction of sp³-hybridized carbons (Fsp3) is 0.130. The van der Waals surface area contributed by atoms with Gasteiger partial charge in [-0.15, -0.1) is 5.10 Å². The summed E-state index contributed by atoms with van der Waals surface area (Å²) in [7, 11) is 0. The zero-order valence-electron chi connectivity index (χ0n) is 18.0. The lowest BCUT2D eigenvalue weighted by atomic mass is 10.1. The van der Waals surface area contributed by atoms with Crippen LogP contribution in [-0.2, 0) is 17.6 Å². The minimum absolute atomic E-state index is 0.0868. The number of carbonyl (C=O) groups is 1. The van der Waals surface area contributed by atoms with E-state index < -0.39 is 0 Å². The zero-order chi connectivity index (χ0) is 23.3. The van der Waals surface area contributed by atoms with Crippen LogP contribution in [0.4, 0.5) is 17.6 Å². The van der Waals surface area contributed by atoms with Crippen molar-refractivity contribution < 1.29 is 9.21 Å².